The SMILES string of the molecule is CCn1c(C)cc(C=Nn2c(C(C)(C)C)nc3ccc(Br)cc3c2=O)c1C. The van der Waals surface area contributed by atoms with Crippen LogP contribution in [0.25, 0.3) is 10.9 Å². The van der Waals surface area contributed by atoms with E-state index in [1.807, 2.05) is 32.9 Å². The Kier molecular flexibility index (Phi) is 5.12. The predicted octanol–water partition coefficient (Wildman–Crippen LogP) is 4.78. The van der Waals surface area contributed by atoms with Crippen LogP contribution in [0.3, 0.4) is 0 Å². The molecule has 0 amide bonds. The Morgan fingerprint density at radius 1 is 1.22 bits per heavy atom. The molecule has 5 nitrogen and oxygen atoms in total. The number of nitrogens with zero attached hydrogens (tertiary/aromatic N) is 4. The lowest BCUT2D eigenvalue weighted by Gasteiger charge is -2.20. The minimum Gasteiger partial charge on any atom is -0.349 e. The van der Waals surface area contributed by atoms with Gasteiger partial charge < -0.3 is 4.57 Å². The smallest absolute Gasteiger partial charge is 0.282 e. The van der Waals surface area contributed by atoms with Gasteiger partial charge in [-0.05, 0) is 45.0 Å². The molecule has 0 aliphatic carbocycles. The topological polar surface area (TPSA) is 52.2 Å². The Balaban J connectivity index is 2.23. The predicted molar refractivity (Wildman–Crippen MR) is 115 cm³/mol. The van der Waals surface area contributed by atoms with Gasteiger partial charge in [0.2, 0.25) is 0 Å². The number of halogens is 1. The summed E-state index contributed by atoms with van der Waals surface area (Å²) in [7, 11) is 0. The molecular weight excluding hydrogens is 404 g/mol. The van der Waals surface area contributed by atoms with Gasteiger partial charge in [-0.15, -0.1) is 0 Å². The van der Waals surface area contributed by atoms with E-state index < -0.39 is 0 Å². The van der Waals surface area contributed by atoms with Crippen molar-refractivity contribution in [3.63, 3.8) is 0 Å². The molecule has 3 aromatic rings. The summed E-state index contributed by atoms with van der Waals surface area (Å²) in [6.07, 6.45) is 1.76. The molecule has 0 saturated carbocycles. The molecule has 2 aromatic heterocycles. The summed E-state index contributed by atoms with van der Waals surface area (Å²) in [6, 6.07) is 7.65. The summed E-state index contributed by atoms with van der Waals surface area (Å²) in [5, 5.41) is 5.11. The molecule has 0 N–H and O–H groups in total. The molecule has 3 rings (SSSR count). The normalized spacial score (nSPS) is 12.4. The number of aryl methyl sites for hydroxylation is 1. The van der Waals surface area contributed by atoms with Crippen molar-refractivity contribution in [3.05, 3.63) is 61.9 Å². The van der Waals surface area contributed by atoms with E-state index in [0.717, 1.165) is 22.3 Å². The first-order chi connectivity index (χ1) is 12.6. The number of aromatic nitrogens is 3. The van der Waals surface area contributed by atoms with Gasteiger partial charge in [-0.25, -0.2) is 4.98 Å². The van der Waals surface area contributed by atoms with Crippen LogP contribution in [0.4, 0.5) is 0 Å². The second kappa shape index (κ2) is 7.08. The quantitative estimate of drug-likeness (QED) is 0.563. The van der Waals surface area contributed by atoms with E-state index in [1.165, 1.54) is 10.4 Å². The first-order valence-electron chi connectivity index (χ1n) is 9.07. The van der Waals surface area contributed by atoms with Gasteiger partial charge in [-0.1, -0.05) is 36.7 Å². The van der Waals surface area contributed by atoms with Crippen molar-refractivity contribution >= 4 is 33.0 Å². The molecule has 27 heavy (non-hydrogen) atoms. The van der Waals surface area contributed by atoms with Gasteiger partial charge in [-0.3, -0.25) is 4.79 Å². The first-order valence-corrected chi connectivity index (χ1v) is 9.86. The van der Waals surface area contributed by atoms with Crippen LogP contribution < -0.4 is 5.56 Å². The van der Waals surface area contributed by atoms with Gasteiger partial charge >= 0.3 is 0 Å². The van der Waals surface area contributed by atoms with Crippen LogP contribution in [-0.4, -0.2) is 20.4 Å². The van der Waals surface area contributed by atoms with Gasteiger partial charge in [0.15, 0.2) is 0 Å². The second-order valence-electron chi connectivity index (χ2n) is 7.78. The highest BCUT2D eigenvalue weighted by atomic mass is 79.9. The fourth-order valence-corrected chi connectivity index (χ4v) is 3.67. The maximum atomic E-state index is 13.2. The van der Waals surface area contributed by atoms with Crippen molar-refractivity contribution in [2.45, 2.75) is 53.5 Å². The van der Waals surface area contributed by atoms with Crippen molar-refractivity contribution in [3.8, 4) is 0 Å². The van der Waals surface area contributed by atoms with E-state index in [0.29, 0.717) is 16.7 Å². The Morgan fingerprint density at radius 3 is 2.52 bits per heavy atom. The number of hydrogen-bond donors (Lipinski definition) is 0. The molecule has 1 aromatic carbocycles. The van der Waals surface area contributed by atoms with E-state index >= 15 is 0 Å². The summed E-state index contributed by atoms with van der Waals surface area (Å²) in [5.41, 5.74) is 3.53. The molecule has 0 aliphatic rings. The summed E-state index contributed by atoms with van der Waals surface area (Å²) in [5.74, 6) is 0.642. The highest BCUT2D eigenvalue weighted by Crippen LogP contribution is 2.23. The van der Waals surface area contributed by atoms with Gasteiger partial charge in [-0.2, -0.15) is 9.78 Å². The van der Waals surface area contributed by atoms with Crippen LogP contribution >= 0.6 is 15.9 Å². The summed E-state index contributed by atoms with van der Waals surface area (Å²) >= 11 is 3.44. The second-order valence-corrected chi connectivity index (χ2v) is 8.69. The zero-order chi connectivity index (χ0) is 19.9. The molecule has 0 fully saturated rings. The summed E-state index contributed by atoms with van der Waals surface area (Å²) in [4.78, 5) is 17.9. The zero-order valence-corrected chi connectivity index (χ0v) is 18.3. The van der Waals surface area contributed by atoms with E-state index in [1.54, 1.807) is 12.3 Å². The van der Waals surface area contributed by atoms with Crippen molar-refractivity contribution in [1.29, 1.82) is 0 Å². The lowest BCUT2D eigenvalue weighted by atomic mass is 9.95. The highest BCUT2D eigenvalue weighted by Gasteiger charge is 2.23. The maximum absolute atomic E-state index is 13.2. The van der Waals surface area contributed by atoms with Crippen LogP contribution in [-0.2, 0) is 12.0 Å². The Bertz CT molecular complexity index is 1100. The third kappa shape index (κ3) is 3.63. The molecule has 0 saturated heterocycles. The van der Waals surface area contributed by atoms with Crippen molar-refractivity contribution in [2.24, 2.45) is 5.10 Å². The minimum absolute atomic E-state index is 0.160. The Hall–Kier alpha value is -2.21. The number of rotatable bonds is 3. The van der Waals surface area contributed by atoms with Crippen molar-refractivity contribution in [2.75, 3.05) is 0 Å². The van der Waals surface area contributed by atoms with Crippen LogP contribution in [0.2, 0.25) is 0 Å². The molecule has 0 spiro atoms. The molecular formula is C21H25BrN4O. The standard InChI is InChI=1S/C21H25BrN4O/c1-7-25-13(2)10-15(14(25)3)12-23-26-19(27)17-11-16(22)8-9-18(17)24-20(26)21(4,5)6/h8-12H,7H2,1-6H3. The van der Waals surface area contributed by atoms with Gasteiger partial charge in [0.05, 0.1) is 17.1 Å². The van der Waals surface area contributed by atoms with Crippen LogP contribution in [0.1, 0.15) is 50.5 Å². The lowest BCUT2D eigenvalue weighted by Crippen LogP contribution is -2.29. The Labute approximate surface area is 167 Å². The minimum atomic E-state index is -0.321. The highest BCUT2D eigenvalue weighted by molar-refractivity contribution is 9.10. The first kappa shape index (κ1) is 19.5. The van der Waals surface area contributed by atoms with Gasteiger partial charge in [0, 0.05) is 33.4 Å². The number of hydrogen-bond acceptors (Lipinski definition) is 3. The summed E-state index contributed by atoms with van der Waals surface area (Å²) < 4.78 is 4.51. The largest absolute Gasteiger partial charge is 0.349 e. The van der Waals surface area contributed by atoms with E-state index in [-0.39, 0.29) is 11.0 Å². The van der Waals surface area contributed by atoms with E-state index in [9.17, 15) is 4.79 Å². The third-order valence-corrected chi connectivity index (χ3v) is 5.21. The molecule has 0 atom stereocenters. The lowest BCUT2D eigenvalue weighted by molar-refractivity contribution is 0.506. The third-order valence-electron chi connectivity index (χ3n) is 4.72. The average molecular weight is 429 g/mol. The Morgan fingerprint density at radius 2 is 1.93 bits per heavy atom. The molecule has 0 aliphatic heterocycles. The van der Waals surface area contributed by atoms with E-state index in [4.69, 9.17) is 4.98 Å². The molecule has 142 valence electrons. The van der Waals surface area contributed by atoms with Gasteiger partial charge in [0.25, 0.3) is 5.56 Å². The number of fused-ring (bicyclic) bond motifs is 1. The molecule has 0 unspecified atom stereocenters. The summed E-state index contributed by atoms with van der Waals surface area (Å²) in [6.45, 7) is 13.3. The van der Waals surface area contributed by atoms with E-state index in [2.05, 4.69) is 52.4 Å². The molecule has 0 bridgehead atoms. The van der Waals surface area contributed by atoms with Crippen molar-refractivity contribution < 1.29 is 0 Å². The van der Waals surface area contributed by atoms with Crippen LogP contribution in [0, 0.1) is 13.8 Å². The molecule has 6 heteroatoms. The fraction of sp³-hybridized carbons (Fsp3) is 0.381. The monoisotopic (exact) mass is 428 g/mol. The molecule has 2 heterocycles. The molecule has 0 radical (unpaired) electrons. The van der Waals surface area contributed by atoms with Gasteiger partial charge in [0.1, 0.15) is 5.82 Å². The maximum Gasteiger partial charge on any atom is 0.282 e. The fourth-order valence-electron chi connectivity index (χ4n) is 3.31. The van der Waals surface area contributed by atoms with Crippen molar-refractivity contribution in [1.82, 2.24) is 14.2 Å². The number of benzene rings is 1. The van der Waals surface area contributed by atoms with Crippen LogP contribution in [0.5, 0.6) is 0 Å². The average Bonchev–Trinajstić information content (AvgIpc) is 2.86. The van der Waals surface area contributed by atoms with Crippen LogP contribution in [0.15, 0.2) is 38.6 Å². The zero-order valence-electron chi connectivity index (χ0n) is 16.7.